The Bertz CT molecular complexity index is 618. The molecule has 1 heterocycles. The van der Waals surface area contributed by atoms with E-state index in [1.165, 1.54) is 28.3 Å². The fraction of sp³-hybridized carbons (Fsp3) is 0.429. The smallest absolute Gasteiger partial charge is 0.219 e. The first-order valence-electron chi connectivity index (χ1n) is 9.24. The van der Waals surface area contributed by atoms with Crippen molar-refractivity contribution in [1.82, 2.24) is 0 Å². The Balaban J connectivity index is 1.60. The molecule has 2 aromatic rings. The zero-order valence-corrected chi connectivity index (χ0v) is 15.3. The third kappa shape index (κ3) is 5.30. The Hall–Kier alpha value is -1.88. The van der Waals surface area contributed by atoms with E-state index in [9.17, 15) is 0 Å². The molecule has 4 nitrogen and oxygen atoms in total. The molecule has 0 amide bonds. The molecule has 0 aromatic heterocycles. The van der Waals surface area contributed by atoms with Crippen molar-refractivity contribution in [1.29, 1.82) is 0 Å². The van der Waals surface area contributed by atoms with Crippen molar-refractivity contribution in [3.8, 4) is 5.75 Å². The lowest BCUT2D eigenvalue weighted by molar-refractivity contribution is -0.936. The molecule has 3 rings (SSSR count). The summed E-state index contributed by atoms with van der Waals surface area (Å²) in [5.41, 5.74) is 1.26. The average molecular weight is 342 g/mol. The Morgan fingerprint density at radius 3 is 2.40 bits per heavy atom. The van der Waals surface area contributed by atoms with Crippen LogP contribution in [0.1, 0.15) is 18.2 Å². The number of para-hydroxylation sites is 1. The third-order valence-corrected chi connectivity index (χ3v) is 4.65. The van der Waals surface area contributed by atoms with Gasteiger partial charge in [-0.15, -0.1) is 0 Å². The molecule has 1 saturated heterocycles. The van der Waals surface area contributed by atoms with Gasteiger partial charge in [-0.1, -0.05) is 48.5 Å². The van der Waals surface area contributed by atoms with Gasteiger partial charge in [-0.2, -0.15) is 0 Å². The predicted molar refractivity (Wildman–Crippen MR) is 99.0 cm³/mol. The topological polar surface area (TPSA) is 27.3 Å². The van der Waals surface area contributed by atoms with E-state index in [0.717, 1.165) is 18.8 Å². The molecule has 2 N–H and O–H groups in total. The average Bonchev–Trinajstić information content (AvgIpc) is 3.04. The summed E-state index contributed by atoms with van der Waals surface area (Å²) >= 11 is 0. The molecular formula is C21H30N2O2+2. The Morgan fingerprint density at radius 1 is 1.04 bits per heavy atom. The van der Waals surface area contributed by atoms with Gasteiger partial charge >= 0.3 is 0 Å². The van der Waals surface area contributed by atoms with Gasteiger partial charge < -0.3 is 19.3 Å². The summed E-state index contributed by atoms with van der Waals surface area (Å²) in [5, 5.41) is 0. The highest BCUT2D eigenvalue weighted by molar-refractivity contribution is 5.21. The largest absolute Gasteiger partial charge is 0.491 e. The van der Waals surface area contributed by atoms with Gasteiger partial charge in [0, 0.05) is 12.0 Å². The van der Waals surface area contributed by atoms with E-state index in [1.807, 2.05) is 30.3 Å². The lowest BCUT2D eigenvalue weighted by Gasteiger charge is -2.20. The van der Waals surface area contributed by atoms with E-state index in [0.29, 0.717) is 6.61 Å². The van der Waals surface area contributed by atoms with Crippen LogP contribution in [0, 0.1) is 0 Å². The molecule has 3 atom stereocenters. The first kappa shape index (κ1) is 17.9. The Labute approximate surface area is 151 Å². The van der Waals surface area contributed by atoms with Crippen LogP contribution in [0.15, 0.2) is 60.7 Å². The molecule has 25 heavy (non-hydrogen) atoms. The lowest BCUT2D eigenvalue weighted by Crippen LogP contribution is -3.12. The highest BCUT2D eigenvalue weighted by Crippen LogP contribution is 2.18. The van der Waals surface area contributed by atoms with Crippen molar-refractivity contribution in [2.45, 2.75) is 18.8 Å². The van der Waals surface area contributed by atoms with Crippen molar-refractivity contribution >= 4 is 0 Å². The van der Waals surface area contributed by atoms with Crippen LogP contribution in [-0.2, 0) is 4.74 Å². The quantitative estimate of drug-likeness (QED) is 0.735. The van der Waals surface area contributed by atoms with Gasteiger partial charge in [-0.3, -0.25) is 0 Å². The van der Waals surface area contributed by atoms with E-state index < -0.39 is 0 Å². The molecule has 1 aliphatic heterocycles. The first-order chi connectivity index (χ1) is 12.2. The molecular weight excluding hydrogens is 312 g/mol. The number of rotatable bonds is 8. The molecule has 1 fully saturated rings. The van der Waals surface area contributed by atoms with Crippen LogP contribution in [0.3, 0.4) is 0 Å². The fourth-order valence-corrected chi connectivity index (χ4v) is 3.38. The molecule has 2 aromatic carbocycles. The summed E-state index contributed by atoms with van der Waals surface area (Å²) in [7, 11) is 4.42. The minimum Gasteiger partial charge on any atom is -0.491 e. The number of ether oxygens (including phenoxy) is 2. The Morgan fingerprint density at radius 2 is 1.72 bits per heavy atom. The van der Waals surface area contributed by atoms with Gasteiger partial charge in [0.05, 0.1) is 27.2 Å². The van der Waals surface area contributed by atoms with Gasteiger partial charge in [-0.25, -0.2) is 0 Å². The minimum absolute atomic E-state index is 0.114. The van der Waals surface area contributed by atoms with Crippen LogP contribution < -0.4 is 14.5 Å². The Kier molecular flexibility index (Phi) is 6.45. The van der Waals surface area contributed by atoms with Crippen LogP contribution in [0.4, 0.5) is 0 Å². The van der Waals surface area contributed by atoms with Gasteiger partial charge in [0.25, 0.3) is 0 Å². The number of benzene rings is 2. The summed E-state index contributed by atoms with van der Waals surface area (Å²) in [6.07, 6.45) is 1.45. The van der Waals surface area contributed by atoms with Gasteiger partial charge in [0.1, 0.15) is 25.0 Å². The molecule has 134 valence electrons. The van der Waals surface area contributed by atoms with Crippen molar-refractivity contribution in [3.05, 3.63) is 66.2 Å². The second kappa shape index (κ2) is 8.99. The zero-order valence-electron chi connectivity index (χ0n) is 15.3. The van der Waals surface area contributed by atoms with Crippen molar-refractivity contribution in [2.75, 3.05) is 40.3 Å². The molecule has 0 radical (unpaired) electrons. The predicted octanol–water partition coefficient (Wildman–Crippen LogP) is 0.583. The molecule has 0 bridgehead atoms. The number of nitrogens with one attached hydrogen (secondary N) is 2. The van der Waals surface area contributed by atoms with Crippen molar-refractivity contribution < 1.29 is 19.3 Å². The summed E-state index contributed by atoms with van der Waals surface area (Å²) in [5.74, 6) is 0.909. The zero-order chi connectivity index (χ0) is 17.5. The van der Waals surface area contributed by atoms with Gasteiger partial charge in [0.15, 0.2) is 0 Å². The first-order valence-corrected chi connectivity index (χ1v) is 9.24. The maximum absolute atomic E-state index is 6.37. The second-order valence-electron chi connectivity index (χ2n) is 7.10. The van der Waals surface area contributed by atoms with E-state index in [1.54, 1.807) is 0 Å². The van der Waals surface area contributed by atoms with Crippen LogP contribution in [0.25, 0.3) is 0 Å². The van der Waals surface area contributed by atoms with E-state index >= 15 is 0 Å². The van der Waals surface area contributed by atoms with E-state index in [-0.39, 0.29) is 12.3 Å². The summed E-state index contributed by atoms with van der Waals surface area (Å²) < 4.78 is 12.3. The van der Waals surface area contributed by atoms with Gasteiger partial charge in [-0.05, 0) is 12.1 Å². The summed E-state index contributed by atoms with van der Waals surface area (Å²) in [6.45, 7) is 3.92. The standard InChI is InChI=1S/C21H28N2O2/c1-22(2)14-9-15-23-16-20(17-24-19-12-7-4-8-13-19)25-21(23)18-10-5-3-6-11-18/h3-8,10-13,20-21H,9,14-17H2,1-2H3/p+2/t20-,21-/m0/s1. The van der Waals surface area contributed by atoms with Crippen LogP contribution >= 0.6 is 0 Å². The third-order valence-electron chi connectivity index (χ3n) is 4.65. The SMILES string of the molecule is C[NH+](C)CCC[NH+]1C[C@@H](COc2ccccc2)O[C@H]1c1ccccc1. The second-order valence-corrected chi connectivity index (χ2v) is 7.10. The minimum atomic E-state index is 0.114. The number of quaternary nitrogens is 2. The molecule has 0 aliphatic carbocycles. The fourth-order valence-electron chi connectivity index (χ4n) is 3.38. The van der Waals surface area contributed by atoms with Crippen LogP contribution in [0.2, 0.25) is 0 Å². The van der Waals surface area contributed by atoms with Crippen LogP contribution in [-0.4, -0.2) is 46.4 Å². The highest BCUT2D eigenvalue weighted by Gasteiger charge is 2.38. The molecule has 0 saturated carbocycles. The molecule has 0 spiro atoms. The van der Waals surface area contributed by atoms with Crippen molar-refractivity contribution in [3.63, 3.8) is 0 Å². The van der Waals surface area contributed by atoms with E-state index in [4.69, 9.17) is 9.47 Å². The summed E-state index contributed by atoms with van der Waals surface area (Å²) in [4.78, 5) is 3.01. The lowest BCUT2D eigenvalue weighted by atomic mass is 10.2. The van der Waals surface area contributed by atoms with Gasteiger partial charge in [0.2, 0.25) is 6.23 Å². The maximum Gasteiger partial charge on any atom is 0.219 e. The molecule has 4 heteroatoms. The van der Waals surface area contributed by atoms with E-state index in [2.05, 4.69) is 44.4 Å². The molecule has 1 aliphatic rings. The normalized spacial score (nSPS) is 23.1. The van der Waals surface area contributed by atoms with Crippen LogP contribution in [0.5, 0.6) is 5.75 Å². The number of hydrogen-bond donors (Lipinski definition) is 2. The monoisotopic (exact) mass is 342 g/mol. The summed E-state index contributed by atoms with van der Waals surface area (Å²) in [6, 6.07) is 20.6. The maximum atomic E-state index is 6.37. The molecule has 1 unspecified atom stereocenters. The number of hydrogen-bond acceptors (Lipinski definition) is 2. The van der Waals surface area contributed by atoms with Crippen molar-refractivity contribution in [2.24, 2.45) is 0 Å². The highest BCUT2D eigenvalue weighted by atomic mass is 16.6.